The molecule has 0 aliphatic heterocycles. The molecule has 8 fully saturated rings. The van der Waals surface area contributed by atoms with Crippen molar-refractivity contribution in [3.63, 3.8) is 0 Å². The maximum atomic E-state index is 12.9. The highest BCUT2D eigenvalue weighted by atomic mass is 19.4. The van der Waals surface area contributed by atoms with Crippen molar-refractivity contribution in [3.05, 3.63) is 0 Å². The van der Waals surface area contributed by atoms with E-state index in [1.165, 1.54) is 0 Å². The Balaban J connectivity index is 0.000000294. The molecule has 0 aromatic rings. The van der Waals surface area contributed by atoms with Gasteiger partial charge in [0.2, 0.25) is 0 Å². The quantitative estimate of drug-likeness (QED) is 0.257. The van der Waals surface area contributed by atoms with Crippen LogP contribution < -0.4 is 10.6 Å². The van der Waals surface area contributed by atoms with E-state index in [-0.39, 0.29) is 90.5 Å². The monoisotopic (exact) mass is 688 g/mol. The van der Waals surface area contributed by atoms with Crippen LogP contribution in [0.25, 0.3) is 0 Å². The van der Waals surface area contributed by atoms with E-state index in [2.05, 4.69) is 0 Å². The average molecular weight is 689 g/mol. The molecule has 8 bridgehead atoms. The lowest BCUT2D eigenvalue weighted by atomic mass is 9.53. The van der Waals surface area contributed by atoms with Crippen LogP contribution in [0.4, 0.5) is 52.7 Å². The molecule has 0 atom stereocenters. The van der Waals surface area contributed by atoms with Crippen molar-refractivity contribution in [1.82, 2.24) is 10.6 Å². The summed E-state index contributed by atoms with van der Waals surface area (Å²) in [4.78, 5) is 0. The third kappa shape index (κ3) is 7.04. The molecule has 0 aromatic heterocycles. The minimum atomic E-state index is -5.80. The van der Waals surface area contributed by atoms with E-state index in [9.17, 15) is 62.9 Å². The maximum Gasteiger partial charge on any atom is 0.440 e. The molecule has 0 amide bonds. The molecule has 8 rings (SSSR count). The fourth-order valence-corrected chi connectivity index (χ4v) is 9.90. The van der Waals surface area contributed by atoms with Gasteiger partial charge in [-0.2, -0.15) is 52.7 Å². The Morgan fingerprint density at radius 3 is 0.667 bits per heavy atom. The van der Waals surface area contributed by atoms with Gasteiger partial charge in [-0.05, 0) is 113 Å². The second-order valence-electron chi connectivity index (χ2n) is 14.1. The van der Waals surface area contributed by atoms with E-state index < -0.39 is 47.2 Å². The molecule has 45 heavy (non-hydrogen) atoms. The number of aliphatic hydroxyl groups is 2. The summed E-state index contributed by atoms with van der Waals surface area (Å²) in [6.45, 7) is 0. The molecular weight excluding hydrogens is 648 g/mol. The van der Waals surface area contributed by atoms with Gasteiger partial charge in [0.05, 0.1) is 0 Å². The summed E-state index contributed by atoms with van der Waals surface area (Å²) in [5.74, 6) is 1.05. The van der Waals surface area contributed by atoms with Crippen molar-refractivity contribution in [2.45, 2.75) is 124 Å². The number of hydrogen-bond donors (Lipinski definition) is 4. The normalized spacial score (nSPS) is 37.2. The Kier molecular flexibility index (Phi) is 10.8. The van der Waals surface area contributed by atoms with Gasteiger partial charge in [-0.3, -0.25) is 10.6 Å². The fraction of sp³-hybridized carbons (Fsp3) is 1.00. The SMILES string of the molecule is O.O.O.OC(NC12CC3CC(CC(C3)C1)C2)(C(F)(F)F)C(F)(F)F.OC(NC12CC3CC(CC(C3)C1)C2)(C(F)(F)F)C(F)(F)F. The van der Waals surface area contributed by atoms with Crippen molar-refractivity contribution >= 4 is 0 Å². The van der Waals surface area contributed by atoms with Gasteiger partial charge in [0, 0.05) is 11.1 Å². The van der Waals surface area contributed by atoms with Gasteiger partial charge >= 0.3 is 36.2 Å². The number of halogens is 12. The topological polar surface area (TPSA) is 159 Å². The zero-order valence-electron chi connectivity index (χ0n) is 23.9. The highest BCUT2D eigenvalue weighted by molar-refractivity contribution is 5.11. The highest BCUT2D eigenvalue weighted by Gasteiger charge is 2.74. The van der Waals surface area contributed by atoms with Crippen LogP contribution in [0, 0.1) is 35.5 Å². The van der Waals surface area contributed by atoms with Gasteiger partial charge < -0.3 is 26.6 Å². The van der Waals surface area contributed by atoms with Crippen molar-refractivity contribution in [1.29, 1.82) is 0 Å². The molecule has 0 spiro atoms. The molecule has 10 N–H and O–H groups in total. The van der Waals surface area contributed by atoms with Gasteiger partial charge in [0.15, 0.2) is 0 Å². The zero-order chi connectivity index (χ0) is 31.4. The molecule has 8 saturated carbocycles. The molecule has 7 nitrogen and oxygen atoms in total. The molecule has 0 heterocycles. The molecule has 0 aromatic carbocycles. The Hall–Kier alpha value is -1.12. The fourth-order valence-electron chi connectivity index (χ4n) is 9.90. The first-order valence-corrected chi connectivity index (χ1v) is 14.2. The van der Waals surface area contributed by atoms with Crippen molar-refractivity contribution < 1.29 is 79.3 Å². The smallest absolute Gasteiger partial charge is 0.412 e. The van der Waals surface area contributed by atoms with E-state index in [1.807, 2.05) is 0 Å². The molecule has 0 radical (unpaired) electrons. The van der Waals surface area contributed by atoms with Crippen molar-refractivity contribution in [3.8, 4) is 0 Å². The van der Waals surface area contributed by atoms with E-state index in [0.717, 1.165) is 38.5 Å². The molecule has 8 aliphatic carbocycles. The number of alkyl halides is 12. The Morgan fingerprint density at radius 2 is 0.533 bits per heavy atom. The number of hydrogen-bond acceptors (Lipinski definition) is 4. The summed E-state index contributed by atoms with van der Waals surface area (Å²) in [6, 6.07) is 0. The van der Waals surface area contributed by atoms with Gasteiger partial charge in [0.25, 0.3) is 0 Å². The summed E-state index contributed by atoms with van der Waals surface area (Å²) in [6.07, 6.45) is -16.2. The first-order chi connectivity index (χ1) is 18.9. The van der Waals surface area contributed by atoms with Crippen LogP contribution in [0.15, 0.2) is 0 Å². The van der Waals surface area contributed by atoms with Gasteiger partial charge in [0.1, 0.15) is 0 Å². The molecular formula is C26H40F12N2O5. The zero-order valence-corrected chi connectivity index (χ0v) is 23.9. The van der Waals surface area contributed by atoms with E-state index in [4.69, 9.17) is 0 Å². The van der Waals surface area contributed by atoms with Crippen LogP contribution in [0.3, 0.4) is 0 Å². The first-order valence-electron chi connectivity index (χ1n) is 14.2. The summed E-state index contributed by atoms with van der Waals surface area (Å²) in [7, 11) is 0. The summed E-state index contributed by atoms with van der Waals surface area (Å²) >= 11 is 0. The summed E-state index contributed by atoms with van der Waals surface area (Å²) in [5.41, 5.74) is -12.1. The van der Waals surface area contributed by atoms with E-state index >= 15 is 0 Å². The van der Waals surface area contributed by atoms with Gasteiger partial charge in [-0.15, -0.1) is 0 Å². The molecule has 268 valence electrons. The molecule has 0 unspecified atom stereocenters. The maximum absolute atomic E-state index is 12.9. The Morgan fingerprint density at radius 1 is 0.378 bits per heavy atom. The van der Waals surface area contributed by atoms with Crippen molar-refractivity contribution in [2.24, 2.45) is 35.5 Å². The standard InChI is InChI=1S/2C13H17F6NO.3H2O/c2*14-12(15,16)11(21,13(17,18)19)20-10-4-7-1-8(5-10)3-9(2-7)6-10;;;/h2*7-9,20-21H,1-6H2;3*1H2. The lowest BCUT2D eigenvalue weighted by molar-refractivity contribution is -0.387. The van der Waals surface area contributed by atoms with Crippen molar-refractivity contribution in [2.75, 3.05) is 0 Å². The van der Waals surface area contributed by atoms with E-state index in [1.54, 1.807) is 10.6 Å². The number of nitrogens with one attached hydrogen (secondary N) is 2. The van der Waals surface area contributed by atoms with Crippen LogP contribution in [0.2, 0.25) is 0 Å². The third-order valence-electron chi connectivity index (χ3n) is 10.6. The third-order valence-corrected chi connectivity index (χ3v) is 10.6. The molecule has 19 heteroatoms. The summed E-state index contributed by atoms with van der Waals surface area (Å²) < 4.78 is 154. The molecule has 0 saturated heterocycles. The van der Waals surface area contributed by atoms with Crippen LogP contribution >= 0.6 is 0 Å². The van der Waals surface area contributed by atoms with Gasteiger partial charge in [-0.1, -0.05) is 0 Å². The predicted octanol–water partition coefficient (Wildman–Crippen LogP) is 4.24. The second-order valence-corrected chi connectivity index (χ2v) is 14.1. The molecule has 8 aliphatic rings. The minimum absolute atomic E-state index is 0. The lowest BCUT2D eigenvalue weighted by Crippen LogP contribution is -2.74. The Labute approximate surface area is 250 Å². The summed E-state index contributed by atoms with van der Waals surface area (Å²) in [5, 5.41) is 22.0. The highest BCUT2D eigenvalue weighted by Crippen LogP contribution is 2.59. The predicted molar refractivity (Wildman–Crippen MR) is 133 cm³/mol. The minimum Gasteiger partial charge on any atom is -0.412 e. The second kappa shape index (κ2) is 12.1. The largest absolute Gasteiger partial charge is 0.440 e. The first kappa shape index (κ1) is 40.1. The van der Waals surface area contributed by atoms with E-state index in [0.29, 0.717) is 0 Å². The van der Waals surface area contributed by atoms with Gasteiger partial charge in [-0.25, -0.2) is 0 Å². The van der Waals surface area contributed by atoms with Crippen LogP contribution in [-0.4, -0.2) is 73.9 Å². The average Bonchev–Trinajstić information content (AvgIpc) is 2.74. The number of rotatable bonds is 4. The van der Waals surface area contributed by atoms with Crippen LogP contribution in [-0.2, 0) is 0 Å². The van der Waals surface area contributed by atoms with Crippen LogP contribution in [0.5, 0.6) is 0 Å². The van der Waals surface area contributed by atoms with Crippen LogP contribution in [0.1, 0.15) is 77.0 Å². The Bertz CT molecular complexity index is 851. The lowest BCUT2D eigenvalue weighted by Gasteiger charge is -2.58.